The summed E-state index contributed by atoms with van der Waals surface area (Å²) in [6.07, 6.45) is -8.21. The van der Waals surface area contributed by atoms with Crippen molar-refractivity contribution in [1.29, 1.82) is 0 Å². The zero-order chi connectivity index (χ0) is 27.8. The van der Waals surface area contributed by atoms with Crippen LogP contribution in [0.4, 0.5) is 13.2 Å². The molecule has 20 heteroatoms. The molecule has 0 saturated carbocycles. The van der Waals surface area contributed by atoms with E-state index in [2.05, 4.69) is 10.3 Å². The van der Waals surface area contributed by atoms with Crippen LogP contribution in [0.15, 0.2) is 52.3 Å². The van der Waals surface area contributed by atoms with Gasteiger partial charge in [0.25, 0.3) is 5.56 Å². The Morgan fingerprint density at radius 1 is 1.18 bits per heavy atom. The van der Waals surface area contributed by atoms with Gasteiger partial charge in [-0.2, -0.15) is 13.2 Å². The van der Waals surface area contributed by atoms with E-state index in [0.717, 1.165) is 41.2 Å². The number of hydrogen-bond acceptors (Lipinski definition) is 11. The maximum atomic E-state index is 13.1. The summed E-state index contributed by atoms with van der Waals surface area (Å²) in [5, 5.41) is 27.7. The molecule has 0 amide bonds. The smallest absolute Gasteiger partial charge is 0.809 e. The number of aromatic amines is 1. The van der Waals surface area contributed by atoms with Crippen molar-refractivity contribution in [3.63, 3.8) is 0 Å². The second-order valence-corrected chi connectivity index (χ2v) is 9.87. The van der Waals surface area contributed by atoms with Crippen LogP contribution in [0.25, 0.3) is 0 Å². The van der Waals surface area contributed by atoms with Gasteiger partial charge in [0, 0.05) is 12.3 Å². The Morgan fingerprint density at radius 2 is 1.88 bits per heavy atom. The monoisotopic (exact) mass is 607 g/mol. The molecule has 0 aliphatic carbocycles. The zero-order valence-electron chi connectivity index (χ0n) is 21.0. The molecular formula is C20H19F3N5Na2O9P. The van der Waals surface area contributed by atoms with Crippen molar-refractivity contribution in [2.75, 3.05) is 6.61 Å². The number of aromatic nitrogens is 5. The minimum atomic E-state index is -5.56. The number of nitrogens with one attached hydrogen (secondary N) is 1. The van der Waals surface area contributed by atoms with Crippen LogP contribution in [0.5, 0.6) is 0 Å². The molecule has 0 bridgehead atoms. The maximum Gasteiger partial charge on any atom is 1.00 e. The largest absolute Gasteiger partial charge is 1.00 e. The Morgan fingerprint density at radius 3 is 2.50 bits per heavy atom. The summed E-state index contributed by atoms with van der Waals surface area (Å²) in [5.74, 6) is -2.11. The van der Waals surface area contributed by atoms with E-state index in [9.17, 15) is 47.3 Å². The van der Waals surface area contributed by atoms with Gasteiger partial charge >= 0.3 is 71.0 Å². The maximum absolute atomic E-state index is 13.1. The first-order valence-electron chi connectivity index (χ1n) is 10.8. The van der Waals surface area contributed by atoms with Crippen molar-refractivity contribution in [1.82, 2.24) is 24.5 Å². The van der Waals surface area contributed by atoms with E-state index < -0.39 is 66.5 Å². The van der Waals surface area contributed by atoms with E-state index >= 15 is 0 Å². The molecule has 1 aliphatic heterocycles. The van der Waals surface area contributed by atoms with Gasteiger partial charge in [-0.05, 0) is 25.3 Å². The fourth-order valence-corrected chi connectivity index (χ4v) is 4.79. The van der Waals surface area contributed by atoms with Crippen molar-refractivity contribution < 1.29 is 106 Å². The van der Waals surface area contributed by atoms with Gasteiger partial charge in [0.15, 0.2) is 6.23 Å². The summed E-state index contributed by atoms with van der Waals surface area (Å²) < 4.78 is 63.4. The Bertz CT molecular complexity index is 1460. The molecular weight excluding hydrogens is 588 g/mol. The molecule has 40 heavy (non-hydrogen) atoms. The van der Waals surface area contributed by atoms with Crippen molar-refractivity contribution in [3.8, 4) is 0 Å². The van der Waals surface area contributed by atoms with Crippen LogP contribution >= 0.6 is 7.60 Å². The molecule has 0 radical (unpaired) electrons. The number of nitrogens with zero attached hydrogens (tertiary/aromatic N) is 4. The van der Waals surface area contributed by atoms with Crippen molar-refractivity contribution in [2.24, 2.45) is 0 Å². The molecule has 1 unspecified atom stereocenters. The minimum Gasteiger partial charge on any atom is -0.809 e. The summed E-state index contributed by atoms with van der Waals surface area (Å²) in [4.78, 5) is 49.0. The van der Waals surface area contributed by atoms with Crippen LogP contribution in [0.2, 0.25) is 0 Å². The quantitative estimate of drug-likeness (QED) is 0.162. The van der Waals surface area contributed by atoms with Gasteiger partial charge in [-0.3, -0.25) is 14.3 Å². The van der Waals surface area contributed by atoms with E-state index in [0.29, 0.717) is 10.7 Å². The third kappa shape index (κ3) is 8.01. The summed E-state index contributed by atoms with van der Waals surface area (Å²) in [6.45, 7) is -0.707. The average Bonchev–Trinajstić information content (AvgIpc) is 3.38. The molecule has 4 rings (SSSR count). The number of rotatable bonds is 8. The van der Waals surface area contributed by atoms with E-state index in [1.54, 1.807) is 0 Å². The number of alkyl halides is 3. The molecule has 3 N–H and O–H groups in total. The number of aliphatic hydroxyl groups is 2. The molecule has 0 spiro atoms. The van der Waals surface area contributed by atoms with E-state index in [1.807, 2.05) is 4.98 Å². The second kappa shape index (κ2) is 13.9. The van der Waals surface area contributed by atoms with Crippen LogP contribution in [0.1, 0.15) is 28.8 Å². The average molecular weight is 607 g/mol. The molecule has 14 nitrogen and oxygen atoms in total. The molecule has 206 valence electrons. The van der Waals surface area contributed by atoms with Crippen molar-refractivity contribution >= 4 is 7.60 Å². The van der Waals surface area contributed by atoms with Crippen LogP contribution in [-0.4, -0.2) is 59.7 Å². The molecule has 1 aliphatic rings. The van der Waals surface area contributed by atoms with Gasteiger partial charge in [-0.1, -0.05) is 17.3 Å². The summed E-state index contributed by atoms with van der Waals surface area (Å²) in [7, 11) is -5.56. The zero-order valence-corrected chi connectivity index (χ0v) is 25.9. The SMILES string of the molecule is O=c1ccn([C@@H]2O[C@H](COCc3cn(C(c4cccc(C(F)(F)F)c4)P(=O)([O-])[O-])nn3)[C@@H](O)[C@H]2O)c(=O)[nH]1.[Na+].[Na+]. The van der Waals surface area contributed by atoms with Gasteiger partial charge in [-0.25, -0.2) is 9.48 Å². The first kappa shape index (κ1) is 35.0. The number of H-pyrrole nitrogens is 1. The van der Waals surface area contributed by atoms with Crippen LogP contribution < -0.4 is 80.2 Å². The van der Waals surface area contributed by atoms with Gasteiger partial charge in [0.05, 0.1) is 25.0 Å². The fraction of sp³-hybridized carbons (Fsp3) is 0.400. The molecule has 5 atom stereocenters. The van der Waals surface area contributed by atoms with Crippen molar-refractivity contribution in [2.45, 2.75) is 43.1 Å². The Hall–Kier alpha value is -1.18. The molecule has 3 aromatic rings. The predicted molar refractivity (Wildman–Crippen MR) is 114 cm³/mol. The Balaban J connectivity index is 0.00000280. The second-order valence-electron chi connectivity index (χ2n) is 8.31. The number of halogens is 3. The predicted octanol–water partition coefficient (Wildman–Crippen LogP) is -7.55. The molecule has 1 aromatic carbocycles. The first-order valence-corrected chi connectivity index (χ1v) is 12.4. The Kier molecular flexibility index (Phi) is 12.1. The third-order valence-electron chi connectivity index (χ3n) is 5.61. The van der Waals surface area contributed by atoms with Gasteiger partial charge in [0.2, 0.25) is 0 Å². The van der Waals surface area contributed by atoms with E-state index in [-0.39, 0.29) is 78.0 Å². The van der Waals surface area contributed by atoms with Crippen LogP contribution in [-0.2, 0) is 26.8 Å². The normalized spacial score (nSPS) is 21.9. The van der Waals surface area contributed by atoms with E-state index in [1.165, 1.54) is 0 Å². The Labute approximate surface area is 266 Å². The fourth-order valence-electron chi connectivity index (χ4n) is 3.86. The van der Waals surface area contributed by atoms with E-state index in [4.69, 9.17) is 9.47 Å². The van der Waals surface area contributed by atoms with Crippen molar-refractivity contribution in [3.05, 3.63) is 80.4 Å². The van der Waals surface area contributed by atoms with Gasteiger partial charge in [-0.15, -0.1) is 5.10 Å². The number of aliphatic hydroxyl groups excluding tert-OH is 2. The number of ether oxygens (including phenoxy) is 2. The number of hydrogen-bond donors (Lipinski definition) is 3. The van der Waals surface area contributed by atoms with Crippen LogP contribution in [0, 0.1) is 0 Å². The topological polar surface area (TPSA) is 208 Å². The summed E-state index contributed by atoms with van der Waals surface area (Å²) >= 11 is 0. The molecule has 3 heterocycles. The molecule has 1 fully saturated rings. The summed E-state index contributed by atoms with van der Waals surface area (Å²) in [6, 6.07) is 4.26. The molecule has 1 saturated heterocycles. The molecule has 2 aromatic heterocycles. The number of benzene rings is 1. The van der Waals surface area contributed by atoms with Gasteiger partial charge < -0.3 is 34.0 Å². The summed E-state index contributed by atoms with van der Waals surface area (Å²) in [5.41, 5.74) is -3.19. The van der Waals surface area contributed by atoms with Gasteiger partial charge in [0.1, 0.15) is 29.8 Å². The minimum absolute atomic E-state index is 0. The first-order chi connectivity index (χ1) is 17.8. The third-order valence-corrected chi connectivity index (χ3v) is 6.75. The standard InChI is InChI=1S/C20H21F3N5O9P.2Na/c21-20(22,23)11-3-1-2-10(6-11)18(38(33,34)35)28-7-12(25-26-28)8-36-9-13-15(30)16(31)17(37-13)27-5-4-14(29)24-19(27)32;;/h1-7,13,15-18,30-31H,8-9H2,(H,24,29,32)(H2,33,34,35);;/q;2*+1/p-2/t13-,15-,16-,17-,18?;;/m1../s1. The van der Waals surface area contributed by atoms with Crippen LogP contribution in [0.3, 0.4) is 0 Å².